The van der Waals surface area contributed by atoms with Crippen LogP contribution in [0.15, 0.2) is 121 Å². The van der Waals surface area contributed by atoms with Gasteiger partial charge in [0.25, 0.3) is 0 Å². The molecule has 0 spiro atoms. The Morgan fingerprint density at radius 3 is 0.758 bits per heavy atom. The Balaban J connectivity index is 0.000000341. The fourth-order valence-electron chi connectivity index (χ4n) is 14.6. The lowest BCUT2D eigenvalue weighted by Crippen LogP contribution is -2.57. The molecule has 8 rings (SSSR count). The summed E-state index contributed by atoms with van der Waals surface area (Å²) in [4.78, 5) is 153. The maximum Gasteiger partial charge on any atom is 0.410 e. The van der Waals surface area contributed by atoms with Gasteiger partial charge >= 0.3 is 59.9 Å². The van der Waals surface area contributed by atoms with Gasteiger partial charge in [0.2, 0.25) is 0 Å². The molecule has 0 aliphatic carbocycles. The van der Waals surface area contributed by atoms with Crippen LogP contribution < -0.4 is 0 Å². The average Bonchev–Trinajstić information content (AvgIpc) is 1.63. The number of aliphatic hydroxyl groups is 2. The largest absolute Gasteiger partial charge is 0.459 e. The maximum atomic E-state index is 14.3. The standard InChI is InChI=1S/2C46H69N5O11/c1-44(2,3)60-37(52)29-47-20-22-48(30-38(53)61-45(4,5)6)24-26-50(27-25-49(23-21-47)31-39(54)62-46(7,8)9)36-28-51(43(57)59-33-35-18-14-11-15-19-35)40(41(36)55)42(56)58-32-34-16-12-10-13-17-34;1-44(2,3)60-37(53)29-47-20-22-48(30-38(54)61-45(4,5)6)24-26-50(27-25-49(23-21-47)31-39(55)62-46(7,8)9)40-36(52)28-51(43(57)59-33-35-18-14-11-15-19-35)41(40)42(56)58-32-34-16-12-10-13-17-34/h10-19,36,40-41,55H,20-33H2,1-9H3;10-19,36,40-41,52H,20-33H2,1-9H3/t36-,40-,41+;36-,40+,41+/m10/s1. The first-order chi connectivity index (χ1) is 58.1. The molecular formula is C92H138N10O22. The summed E-state index contributed by atoms with van der Waals surface area (Å²) in [7, 11) is 0. The summed E-state index contributed by atoms with van der Waals surface area (Å²) < 4.78 is 57.1. The lowest BCUT2D eigenvalue weighted by atomic mass is 10.0. The van der Waals surface area contributed by atoms with Crippen LogP contribution in [0.2, 0.25) is 0 Å². The summed E-state index contributed by atoms with van der Waals surface area (Å²) in [6, 6.07) is 32.2. The molecular weight excluding hydrogens is 1600 g/mol. The van der Waals surface area contributed by atoms with Gasteiger partial charge in [-0.15, -0.1) is 0 Å². The molecule has 0 aromatic heterocycles. The molecule has 688 valence electrons. The highest BCUT2D eigenvalue weighted by atomic mass is 16.6. The number of ether oxygens (including phenoxy) is 10. The average molecular weight is 1740 g/mol. The third-order valence-electron chi connectivity index (χ3n) is 20.0. The molecule has 0 saturated carbocycles. The van der Waals surface area contributed by atoms with E-state index in [0.717, 1.165) is 22.3 Å². The summed E-state index contributed by atoms with van der Waals surface area (Å²) in [6.45, 7) is 36.8. The Morgan fingerprint density at radius 2 is 0.508 bits per heavy atom. The molecule has 32 heteroatoms. The molecule has 32 nitrogen and oxygen atoms in total. The van der Waals surface area contributed by atoms with Crippen LogP contribution >= 0.6 is 0 Å². The number of hydrogen-bond acceptors (Lipinski definition) is 30. The monoisotopic (exact) mass is 1730 g/mol. The maximum absolute atomic E-state index is 14.3. The van der Waals surface area contributed by atoms with Gasteiger partial charge in [0, 0.05) is 111 Å². The lowest BCUT2D eigenvalue weighted by molar-refractivity contribution is -0.158. The van der Waals surface area contributed by atoms with E-state index in [2.05, 4.69) is 0 Å². The summed E-state index contributed by atoms with van der Waals surface area (Å²) in [6.07, 6.45) is -4.16. The predicted octanol–water partition coefficient (Wildman–Crippen LogP) is 7.45. The van der Waals surface area contributed by atoms with Gasteiger partial charge in [0.05, 0.1) is 64.0 Å². The van der Waals surface area contributed by atoms with E-state index in [1.165, 1.54) is 9.80 Å². The molecule has 0 radical (unpaired) electrons. The van der Waals surface area contributed by atoms with Crippen molar-refractivity contribution in [2.24, 2.45) is 0 Å². The molecule has 0 bridgehead atoms. The van der Waals surface area contributed by atoms with E-state index in [9.17, 15) is 58.2 Å². The van der Waals surface area contributed by atoms with Crippen molar-refractivity contribution in [3.63, 3.8) is 0 Å². The summed E-state index contributed by atoms with van der Waals surface area (Å²) in [5.74, 6) is -4.01. The molecule has 4 aliphatic heterocycles. The van der Waals surface area contributed by atoms with Crippen molar-refractivity contribution in [1.29, 1.82) is 0 Å². The number of carbonyl (C=O) groups is 10. The van der Waals surface area contributed by atoms with Crippen LogP contribution in [-0.4, -0.2) is 346 Å². The van der Waals surface area contributed by atoms with Gasteiger partial charge in [0.15, 0.2) is 12.1 Å². The second kappa shape index (κ2) is 47.4. The second-order valence-corrected chi connectivity index (χ2v) is 37.8. The van der Waals surface area contributed by atoms with E-state index < -0.39 is 130 Å². The van der Waals surface area contributed by atoms with Gasteiger partial charge in [-0.1, -0.05) is 121 Å². The highest BCUT2D eigenvalue weighted by molar-refractivity contribution is 5.84. The van der Waals surface area contributed by atoms with Gasteiger partial charge < -0.3 is 57.6 Å². The molecule has 2 N–H and O–H groups in total. The number of benzene rings is 4. The Morgan fingerprint density at radius 1 is 0.290 bits per heavy atom. The second-order valence-electron chi connectivity index (χ2n) is 37.8. The van der Waals surface area contributed by atoms with E-state index in [-0.39, 0.29) is 118 Å². The van der Waals surface area contributed by atoms with Crippen molar-refractivity contribution in [3.8, 4) is 0 Å². The summed E-state index contributed by atoms with van der Waals surface area (Å²) >= 11 is 0. The lowest BCUT2D eigenvalue weighted by Gasteiger charge is -2.38. The Hall–Kier alpha value is -9.22. The number of hydrogen-bond donors (Lipinski definition) is 2. The number of likely N-dealkylation sites (tertiary alicyclic amines) is 2. The van der Waals surface area contributed by atoms with Crippen LogP contribution in [0.5, 0.6) is 0 Å². The molecule has 4 saturated heterocycles. The molecule has 6 atom stereocenters. The van der Waals surface area contributed by atoms with Crippen LogP contribution in [0.4, 0.5) is 9.59 Å². The Bertz CT molecular complexity index is 3890. The van der Waals surface area contributed by atoms with Crippen LogP contribution in [0.3, 0.4) is 0 Å². The summed E-state index contributed by atoms with van der Waals surface area (Å²) in [5.41, 5.74) is -1.27. The Kier molecular flexibility index (Phi) is 38.9. The molecule has 4 fully saturated rings. The smallest absolute Gasteiger partial charge is 0.410 e. The van der Waals surface area contributed by atoms with Gasteiger partial charge in [-0.05, 0) is 147 Å². The third kappa shape index (κ3) is 37.9. The van der Waals surface area contributed by atoms with Crippen molar-refractivity contribution in [2.45, 2.75) is 221 Å². The van der Waals surface area contributed by atoms with E-state index in [1.54, 1.807) is 104 Å². The minimum absolute atomic E-state index is 0.00379. The first-order valence-corrected chi connectivity index (χ1v) is 43.0. The number of nitrogens with zero attached hydrogens (tertiary/aromatic N) is 10. The molecule has 2 amide bonds. The topological polar surface area (TPSA) is 336 Å². The Labute approximate surface area is 732 Å². The molecule has 4 heterocycles. The zero-order valence-electron chi connectivity index (χ0n) is 76.3. The number of amides is 2. The molecule has 4 aromatic rings. The van der Waals surface area contributed by atoms with Crippen LogP contribution in [-0.2, 0) is 112 Å². The van der Waals surface area contributed by atoms with Crippen LogP contribution in [0.1, 0.15) is 147 Å². The highest BCUT2D eigenvalue weighted by Gasteiger charge is 2.53. The van der Waals surface area contributed by atoms with Crippen LogP contribution in [0, 0.1) is 0 Å². The van der Waals surface area contributed by atoms with E-state index in [1.807, 2.05) is 181 Å². The van der Waals surface area contributed by atoms with E-state index >= 15 is 0 Å². The number of aliphatic hydroxyl groups excluding tert-OH is 2. The number of rotatable bonds is 24. The fourth-order valence-corrected chi connectivity index (χ4v) is 14.6. The zero-order chi connectivity index (χ0) is 91.3. The molecule has 4 aliphatic rings. The van der Waals surface area contributed by atoms with Crippen molar-refractivity contribution in [2.75, 3.05) is 157 Å². The fraction of sp³-hybridized carbons (Fsp3) is 0.630. The third-order valence-corrected chi connectivity index (χ3v) is 20.0. The van der Waals surface area contributed by atoms with Crippen molar-refractivity contribution in [1.82, 2.24) is 49.0 Å². The van der Waals surface area contributed by atoms with Crippen molar-refractivity contribution < 1.29 is 106 Å². The first kappa shape index (κ1) is 102. The minimum atomic E-state index is -1.39. The molecule has 124 heavy (non-hydrogen) atoms. The zero-order valence-corrected chi connectivity index (χ0v) is 76.3. The van der Waals surface area contributed by atoms with Gasteiger partial charge in [-0.25, -0.2) is 19.2 Å². The quantitative estimate of drug-likeness (QED) is 0.0508. The summed E-state index contributed by atoms with van der Waals surface area (Å²) in [5, 5.41) is 24.0. The van der Waals surface area contributed by atoms with Gasteiger partial charge in [-0.3, -0.25) is 77.8 Å². The van der Waals surface area contributed by atoms with E-state index in [0.29, 0.717) is 65.4 Å². The number of β-amino-alcohol motifs (C(OH)–C–C–N with tert-alkyl or cyclic N) is 1. The normalized spacial score (nSPS) is 20.7. The highest BCUT2D eigenvalue weighted by Crippen LogP contribution is 2.30. The predicted molar refractivity (Wildman–Crippen MR) is 463 cm³/mol. The SMILES string of the molecule is CC(C)(C)OC(=O)CN1CCN(CC(=O)OC(C)(C)C)CCN([C@@H]2CN(C(=O)OCc3ccccc3)[C@@H](C(=O)OCc3ccccc3)[C@H]2O)CCN(CC(=O)OC(C)(C)C)CC1.CC(C)(C)OC(=O)CN1CCN(CC(=O)OC(C)(C)C)CCN([C@@H]2[C@@H](O)CN(C(=O)OCc3ccccc3)[C@H]2C(=O)OCc2ccccc2)CCN(CC(=O)OC(C)(C)C)CC1. The molecule has 0 unspecified atom stereocenters. The minimum Gasteiger partial charge on any atom is -0.459 e. The van der Waals surface area contributed by atoms with Crippen molar-refractivity contribution >= 4 is 59.9 Å². The van der Waals surface area contributed by atoms with Gasteiger partial charge in [-0.2, -0.15) is 0 Å². The number of carbonyl (C=O) groups excluding carboxylic acids is 10. The molecule has 4 aromatic carbocycles. The van der Waals surface area contributed by atoms with Gasteiger partial charge in [0.1, 0.15) is 66.1 Å². The number of esters is 8. The van der Waals surface area contributed by atoms with Crippen LogP contribution in [0.25, 0.3) is 0 Å². The van der Waals surface area contributed by atoms with Crippen molar-refractivity contribution in [3.05, 3.63) is 144 Å². The first-order valence-electron chi connectivity index (χ1n) is 43.0. The van der Waals surface area contributed by atoms with E-state index in [4.69, 9.17) is 47.4 Å².